The van der Waals surface area contributed by atoms with Crippen LogP contribution in [0, 0.1) is 0 Å². The smallest absolute Gasteiger partial charge is 0.328 e. The summed E-state index contributed by atoms with van der Waals surface area (Å²) in [6.07, 6.45) is 5.20. The van der Waals surface area contributed by atoms with E-state index in [4.69, 9.17) is 10.2 Å². The third-order valence-corrected chi connectivity index (χ3v) is 3.84. The minimum Gasteiger partial charge on any atom is -0.478 e. The van der Waals surface area contributed by atoms with Crippen molar-refractivity contribution in [2.24, 2.45) is 0 Å². The van der Waals surface area contributed by atoms with E-state index in [9.17, 15) is 4.79 Å². The number of rotatable bonds is 7. The Labute approximate surface area is 110 Å². The maximum atomic E-state index is 10.4. The summed E-state index contributed by atoms with van der Waals surface area (Å²) in [5.74, 6) is -0.928. The van der Waals surface area contributed by atoms with Gasteiger partial charge in [-0.3, -0.25) is 4.90 Å². The highest BCUT2D eigenvalue weighted by Gasteiger charge is 2.28. The van der Waals surface area contributed by atoms with Gasteiger partial charge < -0.3 is 10.2 Å². The first-order valence-corrected chi connectivity index (χ1v) is 6.90. The molecular formula is C13H17NO3S. The molecule has 1 aliphatic rings. The van der Waals surface area contributed by atoms with Gasteiger partial charge >= 0.3 is 5.97 Å². The van der Waals surface area contributed by atoms with Crippen molar-refractivity contribution in [2.45, 2.75) is 25.4 Å². The van der Waals surface area contributed by atoms with E-state index >= 15 is 0 Å². The summed E-state index contributed by atoms with van der Waals surface area (Å²) in [6, 6.07) is 2.63. The third kappa shape index (κ3) is 3.94. The van der Waals surface area contributed by atoms with Crippen LogP contribution in [-0.4, -0.2) is 40.3 Å². The molecule has 4 nitrogen and oxygen atoms in total. The van der Waals surface area contributed by atoms with Gasteiger partial charge in [-0.15, -0.1) is 11.3 Å². The Morgan fingerprint density at radius 3 is 2.94 bits per heavy atom. The molecule has 2 rings (SSSR count). The molecular weight excluding hydrogens is 250 g/mol. The zero-order valence-electron chi connectivity index (χ0n) is 10.1. The zero-order valence-corrected chi connectivity index (χ0v) is 10.9. The molecule has 0 aromatic carbocycles. The maximum absolute atomic E-state index is 10.4. The van der Waals surface area contributed by atoms with E-state index in [0.29, 0.717) is 12.6 Å². The first-order valence-electron chi connectivity index (χ1n) is 6.02. The third-order valence-electron chi connectivity index (χ3n) is 2.90. The Morgan fingerprint density at radius 2 is 2.33 bits per heavy atom. The summed E-state index contributed by atoms with van der Waals surface area (Å²) < 4.78 is 0. The fraction of sp³-hybridized carbons (Fsp3) is 0.462. The predicted octanol–water partition coefficient (Wildman–Crippen LogP) is 1.80. The summed E-state index contributed by atoms with van der Waals surface area (Å²) in [5, 5.41) is 19.5. The lowest BCUT2D eigenvalue weighted by Gasteiger charge is -2.19. The lowest BCUT2D eigenvalue weighted by molar-refractivity contribution is -0.131. The molecule has 1 heterocycles. The number of aliphatic carboxylic acids is 1. The van der Waals surface area contributed by atoms with E-state index in [-0.39, 0.29) is 6.61 Å². The summed E-state index contributed by atoms with van der Waals surface area (Å²) in [4.78, 5) is 13.9. The molecule has 0 amide bonds. The summed E-state index contributed by atoms with van der Waals surface area (Å²) in [5.41, 5.74) is 0.928. The van der Waals surface area contributed by atoms with Gasteiger partial charge in [-0.25, -0.2) is 4.79 Å². The lowest BCUT2D eigenvalue weighted by Crippen LogP contribution is -2.28. The van der Waals surface area contributed by atoms with Crippen LogP contribution in [-0.2, 0) is 11.3 Å². The average Bonchev–Trinajstić information content (AvgIpc) is 3.08. The number of carboxylic acid groups (broad SMARTS) is 1. The Balaban J connectivity index is 1.94. The molecule has 5 heteroatoms. The van der Waals surface area contributed by atoms with Gasteiger partial charge in [0, 0.05) is 30.1 Å². The van der Waals surface area contributed by atoms with Gasteiger partial charge in [0.15, 0.2) is 0 Å². The Bertz CT molecular complexity index is 437. The monoisotopic (exact) mass is 267 g/mol. The number of nitrogens with zero attached hydrogens (tertiary/aromatic N) is 1. The predicted molar refractivity (Wildman–Crippen MR) is 71.5 cm³/mol. The second-order valence-corrected chi connectivity index (χ2v) is 5.44. The minimum atomic E-state index is -0.928. The number of aliphatic hydroxyl groups is 1. The number of aliphatic hydroxyl groups excluding tert-OH is 1. The molecule has 0 saturated heterocycles. The van der Waals surface area contributed by atoms with Gasteiger partial charge in [0.25, 0.3) is 0 Å². The molecule has 1 aliphatic carbocycles. The van der Waals surface area contributed by atoms with Gasteiger partial charge in [-0.2, -0.15) is 0 Å². The Hall–Kier alpha value is -1.17. The normalized spacial score (nSPS) is 15.7. The fourth-order valence-corrected chi connectivity index (χ4v) is 2.77. The van der Waals surface area contributed by atoms with Crippen molar-refractivity contribution in [3.8, 4) is 0 Å². The molecule has 1 saturated carbocycles. The Kier molecular flexibility index (Phi) is 4.52. The SMILES string of the molecule is O=C(O)C=Cc1csc(CN(CCO)C2CC2)c1. The van der Waals surface area contributed by atoms with E-state index in [1.165, 1.54) is 17.7 Å². The summed E-state index contributed by atoms with van der Waals surface area (Å²) in [6.45, 7) is 1.74. The van der Waals surface area contributed by atoms with Crippen LogP contribution in [0.2, 0.25) is 0 Å². The fourth-order valence-electron chi connectivity index (χ4n) is 1.89. The largest absolute Gasteiger partial charge is 0.478 e. The molecule has 1 aromatic rings. The topological polar surface area (TPSA) is 60.8 Å². The zero-order chi connectivity index (χ0) is 13.0. The summed E-state index contributed by atoms with van der Waals surface area (Å²) >= 11 is 1.63. The van der Waals surface area contributed by atoms with Gasteiger partial charge in [0.2, 0.25) is 0 Å². The molecule has 0 bridgehead atoms. The second kappa shape index (κ2) is 6.13. The van der Waals surface area contributed by atoms with Crippen LogP contribution in [0.1, 0.15) is 23.3 Å². The minimum absolute atomic E-state index is 0.188. The van der Waals surface area contributed by atoms with Crippen LogP contribution in [0.3, 0.4) is 0 Å². The number of thiophene rings is 1. The van der Waals surface area contributed by atoms with Crippen LogP contribution in [0.4, 0.5) is 0 Å². The molecule has 0 aliphatic heterocycles. The molecule has 0 radical (unpaired) electrons. The molecule has 0 atom stereocenters. The van der Waals surface area contributed by atoms with Crippen molar-refractivity contribution in [3.05, 3.63) is 28.0 Å². The number of carboxylic acids is 1. The standard InChI is InChI=1S/C13H17NO3S/c15-6-5-14(11-2-3-11)8-12-7-10(9-18-12)1-4-13(16)17/h1,4,7,9,11,15H,2-3,5-6,8H2,(H,16,17). The van der Waals surface area contributed by atoms with Crippen molar-refractivity contribution >= 4 is 23.4 Å². The van der Waals surface area contributed by atoms with Crippen LogP contribution in [0.15, 0.2) is 17.5 Å². The molecule has 0 unspecified atom stereocenters. The van der Waals surface area contributed by atoms with Gasteiger partial charge in [-0.05, 0) is 35.9 Å². The number of hydrogen-bond donors (Lipinski definition) is 2. The average molecular weight is 267 g/mol. The van der Waals surface area contributed by atoms with E-state index in [1.54, 1.807) is 17.4 Å². The van der Waals surface area contributed by atoms with Crippen LogP contribution >= 0.6 is 11.3 Å². The highest BCUT2D eigenvalue weighted by molar-refractivity contribution is 7.10. The van der Waals surface area contributed by atoms with Crippen molar-refractivity contribution < 1.29 is 15.0 Å². The van der Waals surface area contributed by atoms with Gasteiger partial charge in [0.1, 0.15) is 0 Å². The lowest BCUT2D eigenvalue weighted by atomic mass is 10.2. The molecule has 2 N–H and O–H groups in total. The molecule has 0 spiro atoms. The quantitative estimate of drug-likeness (QED) is 0.740. The van der Waals surface area contributed by atoms with Crippen molar-refractivity contribution in [1.29, 1.82) is 0 Å². The van der Waals surface area contributed by atoms with Crippen molar-refractivity contribution in [1.82, 2.24) is 4.90 Å². The highest BCUT2D eigenvalue weighted by atomic mass is 32.1. The van der Waals surface area contributed by atoms with Crippen molar-refractivity contribution in [2.75, 3.05) is 13.2 Å². The second-order valence-electron chi connectivity index (χ2n) is 4.44. The van der Waals surface area contributed by atoms with E-state index in [2.05, 4.69) is 4.90 Å². The first kappa shape index (κ1) is 13.3. The summed E-state index contributed by atoms with van der Waals surface area (Å²) in [7, 11) is 0. The van der Waals surface area contributed by atoms with Gasteiger partial charge in [-0.1, -0.05) is 0 Å². The highest BCUT2D eigenvalue weighted by Crippen LogP contribution is 2.29. The maximum Gasteiger partial charge on any atom is 0.328 e. The first-order chi connectivity index (χ1) is 8.69. The molecule has 1 aromatic heterocycles. The van der Waals surface area contributed by atoms with E-state index in [1.807, 2.05) is 11.4 Å². The number of carbonyl (C=O) groups is 1. The molecule has 1 fully saturated rings. The van der Waals surface area contributed by atoms with Crippen LogP contribution < -0.4 is 0 Å². The Morgan fingerprint density at radius 1 is 1.56 bits per heavy atom. The van der Waals surface area contributed by atoms with E-state index in [0.717, 1.165) is 18.2 Å². The van der Waals surface area contributed by atoms with Gasteiger partial charge in [0.05, 0.1) is 6.61 Å². The molecule has 18 heavy (non-hydrogen) atoms. The van der Waals surface area contributed by atoms with E-state index < -0.39 is 5.97 Å². The van der Waals surface area contributed by atoms with Crippen LogP contribution in [0.25, 0.3) is 6.08 Å². The van der Waals surface area contributed by atoms with Crippen LogP contribution in [0.5, 0.6) is 0 Å². The number of hydrogen-bond acceptors (Lipinski definition) is 4. The van der Waals surface area contributed by atoms with Crippen molar-refractivity contribution in [3.63, 3.8) is 0 Å². The molecule has 98 valence electrons.